The first kappa shape index (κ1) is 15.3. The first-order valence-corrected chi connectivity index (χ1v) is 8.46. The second-order valence-corrected chi connectivity index (χ2v) is 7.37. The topological polar surface area (TPSA) is 84.0 Å². The molecule has 0 aliphatic carbocycles. The summed E-state index contributed by atoms with van der Waals surface area (Å²) < 4.78 is 31.1. The third kappa shape index (κ3) is 2.47. The molecule has 2 saturated heterocycles. The Morgan fingerprint density at radius 1 is 1.23 bits per heavy atom. The fourth-order valence-corrected chi connectivity index (χ4v) is 4.64. The monoisotopic (exact) mass is 344 g/mol. The zero-order valence-electron chi connectivity index (χ0n) is 11.4. The highest BCUT2D eigenvalue weighted by atomic mass is 35.5. The fraction of sp³-hybridized carbons (Fsp3) is 0.385. The van der Waals surface area contributed by atoms with Gasteiger partial charge in [-0.1, -0.05) is 23.7 Å². The number of benzene rings is 1. The molecular weight excluding hydrogens is 332 g/mol. The third-order valence-electron chi connectivity index (χ3n) is 3.73. The van der Waals surface area contributed by atoms with Crippen LogP contribution in [0.5, 0.6) is 0 Å². The van der Waals surface area contributed by atoms with Crippen LogP contribution in [0.1, 0.15) is 6.42 Å². The molecule has 0 N–H and O–H groups in total. The Labute approximate surface area is 132 Å². The van der Waals surface area contributed by atoms with Crippen LogP contribution in [-0.2, 0) is 19.6 Å². The van der Waals surface area contributed by atoms with Gasteiger partial charge in [-0.05, 0) is 18.6 Å². The Hall–Kier alpha value is -1.64. The zero-order valence-corrected chi connectivity index (χ0v) is 13.0. The van der Waals surface area contributed by atoms with Crippen molar-refractivity contribution >= 4 is 33.6 Å². The minimum atomic E-state index is -3.76. The summed E-state index contributed by atoms with van der Waals surface area (Å²) in [7, 11) is -3.76. The maximum Gasteiger partial charge on any atom is 0.417 e. The molecule has 1 aromatic rings. The predicted molar refractivity (Wildman–Crippen MR) is 76.8 cm³/mol. The Kier molecular flexibility index (Phi) is 3.84. The Morgan fingerprint density at radius 3 is 2.59 bits per heavy atom. The summed E-state index contributed by atoms with van der Waals surface area (Å²) in [5.41, 5.74) is 0. The zero-order chi connectivity index (χ0) is 15.9. The van der Waals surface area contributed by atoms with Crippen LogP contribution in [0.15, 0.2) is 29.2 Å². The van der Waals surface area contributed by atoms with E-state index in [9.17, 15) is 18.0 Å². The van der Waals surface area contributed by atoms with Crippen LogP contribution >= 0.6 is 11.6 Å². The number of ether oxygens (including phenoxy) is 1. The molecule has 9 heteroatoms. The highest BCUT2D eigenvalue weighted by Crippen LogP contribution is 2.29. The molecule has 1 aromatic carbocycles. The molecule has 22 heavy (non-hydrogen) atoms. The molecule has 2 aliphatic heterocycles. The van der Waals surface area contributed by atoms with Gasteiger partial charge >= 0.3 is 6.09 Å². The molecule has 7 nitrogen and oxygen atoms in total. The first-order chi connectivity index (χ1) is 10.4. The number of sulfonamides is 1. The molecule has 1 atom stereocenters. The van der Waals surface area contributed by atoms with Crippen molar-refractivity contribution in [3.05, 3.63) is 29.3 Å². The average Bonchev–Trinajstić information content (AvgIpc) is 3.06. The minimum absolute atomic E-state index is 0.0210. The molecule has 0 unspecified atom stereocenters. The summed E-state index contributed by atoms with van der Waals surface area (Å²) >= 11 is 5.95. The molecule has 2 aliphatic rings. The summed E-state index contributed by atoms with van der Waals surface area (Å²) in [6, 6.07) is 5.67. The predicted octanol–water partition coefficient (Wildman–Crippen LogP) is 1.08. The molecule has 0 bridgehead atoms. The molecule has 2 amide bonds. The number of rotatable bonds is 3. The molecule has 2 heterocycles. The van der Waals surface area contributed by atoms with E-state index < -0.39 is 28.1 Å². The van der Waals surface area contributed by atoms with Gasteiger partial charge < -0.3 is 4.74 Å². The minimum Gasteiger partial charge on any atom is -0.439 e. The second-order valence-electron chi connectivity index (χ2n) is 5.05. The van der Waals surface area contributed by atoms with Crippen molar-refractivity contribution in [3.8, 4) is 0 Å². The van der Waals surface area contributed by atoms with Crippen molar-refractivity contribution in [2.75, 3.05) is 19.7 Å². The van der Waals surface area contributed by atoms with E-state index in [4.69, 9.17) is 11.6 Å². The molecular formula is C13H13ClN2O5S. The lowest BCUT2D eigenvalue weighted by atomic mass is 10.2. The van der Waals surface area contributed by atoms with Crippen molar-refractivity contribution in [2.24, 2.45) is 0 Å². The van der Waals surface area contributed by atoms with Gasteiger partial charge in [0.1, 0.15) is 4.90 Å². The van der Waals surface area contributed by atoms with Crippen molar-refractivity contribution in [3.63, 3.8) is 0 Å². The highest BCUT2D eigenvalue weighted by Gasteiger charge is 2.43. The number of carbonyl (C=O) groups is 2. The van der Waals surface area contributed by atoms with E-state index in [2.05, 4.69) is 4.74 Å². The number of hydrogen-bond donors (Lipinski definition) is 0. The smallest absolute Gasteiger partial charge is 0.417 e. The quantitative estimate of drug-likeness (QED) is 0.819. The Balaban J connectivity index is 1.82. The lowest BCUT2D eigenvalue weighted by molar-refractivity contribution is -0.127. The number of nitrogens with zero attached hydrogens (tertiary/aromatic N) is 2. The van der Waals surface area contributed by atoms with Crippen molar-refractivity contribution in [1.29, 1.82) is 0 Å². The van der Waals surface area contributed by atoms with Gasteiger partial charge in [-0.3, -0.25) is 4.79 Å². The normalized spacial score (nSPS) is 23.1. The number of amides is 2. The largest absolute Gasteiger partial charge is 0.439 e. The number of cyclic esters (lactones) is 1. The molecule has 3 rings (SSSR count). The van der Waals surface area contributed by atoms with Crippen LogP contribution in [0.25, 0.3) is 0 Å². The van der Waals surface area contributed by atoms with Crippen LogP contribution in [0.4, 0.5) is 4.79 Å². The van der Waals surface area contributed by atoms with Crippen molar-refractivity contribution < 1.29 is 22.7 Å². The van der Waals surface area contributed by atoms with Gasteiger partial charge in [-0.25, -0.2) is 18.1 Å². The van der Waals surface area contributed by atoms with Gasteiger partial charge in [0.2, 0.25) is 10.0 Å². The second kappa shape index (κ2) is 5.53. The van der Waals surface area contributed by atoms with E-state index in [0.717, 1.165) is 4.90 Å². The van der Waals surface area contributed by atoms with Crippen molar-refractivity contribution in [2.45, 2.75) is 17.4 Å². The summed E-state index contributed by atoms with van der Waals surface area (Å²) in [5, 5.41) is 0.141. The van der Waals surface area contributed by atoms with E-state index in [1.165, 1.54) is 16.4 Å². The van der Waals surface area contributed by atoms with Gasteiger partial charge in [0.15, 0.2) is 6.61 Å². The van der Waals surface area contributed by atoms with Gasteiger partial charge in [-0.2, -0.15) is 4.31 Å². The molecule has 0 saturated carbocycles. The lowest BCUT2D eigenvalue weighted by Crippen LogP contribution is -2.42. The maximum atomic E-state index is 12.6. The molecule has 0 spiro atoms. The van der Waals surface area contributed by atoms with Crippen LogP contribution in [0, 0.1) is 0 Å². The fourth-order valence-electron chi connectivity index (χ4n) is 2.65. The van der Waals surface area contributed by atoms with E-state index >= 15 is 0 Å². The summed E-state index contributed by atoms with van der Waals surface area (Å²) in [6.45, 7) is -0.0176. The van der Waals surface area contributed by atoms with Crippen LogP contribution in [-0.4, -0.2) is 55.4 Å². The van der Waals surface area contributed by atoms with Crippen molar-refractivity contribution in [1.82, 2.24) is 9.21 Å². The van der Waals surface area contributed by atoms with Crippen LogP contribution in [0.3, 0.4) is 0 Å². The maximum absolute atomic E-state index is 12.6. The van der Waals surface area contributed by atoms with Crippen LogP contribution in [0.2, 0.25) is 5.02 Å². The number of imide groups is 1. The summed E-state index contributed by atoms with van der Waals surface area (Å²) in [4.78, 5) is 24.2. The standard InChI is InChI=1S/C13H13ClN2O5S/c14-10-3-1-2-4-11(10)22(19,20)15-6-5-9(7-15)16-12(17)8-21-13(16)18/h1-4,9H,5-8H2/t9-/m0/s1. The summed E-state index contributed by atoms with van der Waals surface area (Å²) in [5.74, 6) is -0.438. The van der Waals surface area contributed by atoms with Gasteiger partial charge in [0.05, 0.1) is 11.1 Å². The Bertz CT molecular complexity index is 720. The van der Waals surface area contributed by atoms with Crippen LogP contribution < -0.4 is 0 Å². The third-order valence-corrected chi connectivity index (χ3v) is 6.10. The molecule has 0 aromatic heterocycles. The summed E-state index contributed by atoms with van der Waals surface area (Å²) in [6.07, 6.45) is -0.336. The number of carbonyl (C=O) groups excluding carboxylic acids is 2. The van der Waals surface area contributed by atoms with E-state index in [-0.39, 0.29) is 29.6 Å². The van der Waals surface area contributed by atoms with E-state index in [1.54, 1.807) is 12.1 Å². The molecule has 118 valence electrons. The van der Waals surface area contributed by atoms with Gasteiger partial charge in [-0.15, -0.1) is 0 Å². The van der Waals surface area contributed by atoms with Gasteiger partial charge in [0.25, 0.3) is 5.91 Å². The molecule has 0 radical (unpaired) electrons. The van der Waals surface area contributed by atoms with E-state index in [0.29, 0.717) is 6.42 Å². The number of hydrogen-bond acceptors (Lipinski definition) is 5. The lowest BCUT2D eigenvalue weighted by Gasteiger charge is -2.20. The average molecular weight is 345 g/mol. The highest BCUT2D eigenvalue weighted by molar-refractivity contribution is 7.89. The Morgan fingerprint density at radius 2 is 1.95 bits per heavy atom. The number of halogens is 1. The molecule has 2 fully saturated rings. The van der Waals surface area contributed by atoms with Gasteiger partial charge in [0, 0.05) is 13.1 Å². The van der Waals surface area contributed by atoms with E-state index in [1.807, 2.05) is 0 Å². The SMILES string of the molecule is O=C1COC(=O)N1[C@H]1CCN(S(=O)(=O)c2ccccc2Cl)C1. The first-order valence-electron chi connectivity index (χ1n) is 6.65.